The zero-order chi connectivity index (χ0) is 10.8. The van der Waals surface area contributed by atoms with Crippen LogP contribution in [0.15, 0.2) is 18.3 Å². The fourth-order valence-corrected chi connectivity index (χ4v) is 1.20. The van der Waals surface area contributed by atoms with Crippen LogP contribution in [0.5, 0.6) is 0 Å². The van der Waals surface area contributed by atoms with Crippen molar-refractivity contribution >= 4 is 21.6 Å². The summed E-state index contributed by atoms with van der Waals surface area (Å²) in [7, 11) is -3.55. The summed E-state index contributed by atoms with van der Waals surface area (Å²) in [4.78, 5) is 14.8. The van der Waals surface area contributed by atoms with E-state index in [0.717, 1.165) is 6.26 Å². The summed E-state index contributed by atoms with van der Waals surface area (Å²) < 4.78 is 23.2. The highest BCUT2D eigenvalue weighted by Crippen LogP contribution is 2.00. The van der Waals surface area contributed by atoms with Gasteiger partial charge in [0.05, 0.1) is 18.1 Å². The summed E-state index contributed by atoms with van der Waals surface area (Å²) in [6.45, 7) is 0. The molecule has 14 heavy (non-hydrogen) atoms. The van der Waals surface area contributed by atoms with Crippen LogP contribution in [0.1, 0.15) is 10.5 Å². The molecule has 0 aliphatic carbocycles. The number of carbonyl (C=O) groups excluding carboxylic acids is 1. The molecule has 0 aliphatic heterocycles. The van der Waals surface area contributed by atoms with Gasteiger partial charge in [-0.3, -0.25) is 4.79 Å². The summed E-state index contributed by atoms with van der Waals surface area (Å²) in [6.07, 6.45) is 2.17. The molecule has 76 valence electrons. The van der Waals surface area contributed by atoms with Crippen LogP contribution >= 0.6 is 0 Å². The third-order valence-corrected chi connectivity index (χ3v) is 1.85. The first kappa shape index (κ1) is 10.5. The van der Waals surface area contributed by atoms with E-state index < -0.39 is 15.9 Å². The molecule has 1 amide bonds. The van der Waals surface area contributed by atoms with Gasteiger partial charge in [-0.2, -0.15) is 0 Å². The van der Waals surface area contributed by atoms with Crippen molar-refractivity contribution in [2.75, 3.05) is 12.0 Å². The van der Waals surface area contributed by atoms with Crippen LogP contribution in [0.4, 0.5) is 5.69 Å². The van der Waals surface area contributed by atoms with Crippen LogP contribution in [0.3, 0.4) is 0 Å². The van der Waals surface area contributed by atoms with Gasteiger partial charge >= 0.3 is 0 Å². The first-order chi connectivity index (χ1) is 6.38. The normalized spacial score (nSPS) is 10.9. The Morgan fingerprint density at radius 3 is 2.57 bits per heavy atom. The molecule has 0 unspecified atom stereocenters. The molecular formula is C7H9N3O3S. The molecule has 0 radical (unpaired) electrons. The van der Waals surface area contributed by atoms with Crippen LogP contribution in [-0.4, -0.2) is 25.6 Å². The Morgan fingerprint density at radius 1 is 1.50 bits per heavy atom. The lowest BCUT2D eigenvalue weighted by atomic mass is 10.3. The van der Waals surface area contributed by atoms with Crippen molar-refractivity contribution in [3.63, 3.8) is 0 Å². The van der Waals surface area contributed by atoms with Crippen LogP contribution in [0.2, 0.25) is 0 Å². The van der Waals surface area contributed by atoms with Gasteiger partial charge in [0.25, 0.3) is 5.91 Å². The smallest absolute Gasteiger partial charge is 0.283 e. The van der Waals surface area contributed by atoms with Crippen molar-refractivity contribution in [3.05, 3.63) is 24.0 Å². The van der Waals surface area contributed by atoms with E-state index in [1.54, 1.807) is 4.72 Å². The number of amides is 1. The molecule has 3 N–H and O–H groups in total. The largest absolute Gasteiger partial charge is 0.397 e. The molecule has 0 atom stereocenters. The molecule has 1 aromatic rings. The number of hydrogen-bond acceptors (Lipinski definition) is 5. The van der Waals surface area contributed by atoms with Gasteiger partial charge in [0.15, 0.2) is 0 Å². The fraction of sp³-hybridized carbons (Fsp3) is 0.143. The molecule has 7 heteroatoms. The maximum atomic E-state index is 11.2. The number of nitrogens with zero attached hydrogens (tertiary/aromatic N) is 1. The van der Waals surface area contributed by atoms with Crippen LogP contribution < -0.4 is 10.5 Å². The number of sulfonamides is 1. The van der Waals surface area contributed by atoms with E-state index in [9.17, 15) is 13.2 Å². The standard InChI is InChI=1S/C7H9N3O3S/c1-14(12,13)10-7(11)6-3-2-5(8)4-9-6/h2-4H,8H2,1H3,(H,10,11). The molecule has 1 rings (SSSR count). The van der Waals surface area contributed by atoms with Gasteiger partial charge in [-0.25, -0.2) is 18.1 Å². The van der Waals surface area contributed by atoms with Gasteiger partial charge in [-0.15, -0.1) is 0 Å². The Morgan fingerprint density at radius 2 is 2.14 bits per heavy atom. The van der Waals surface area contributed by atoms with Crippen molar-refractivity contribution in [2.24, 2.45) is 0 Å². The molecule has 0 aliphatic rings. The number of rotatable bonds is 2. The van der Waals surface area contributed by atoms with Gasteiger partial charge in [0.1, 0.15) is 5.69 Å². The molecule has 0 saturated heterocycles. The molecule has 0 bridgehead atoms. The van der Waals surface area contributed by atoms with E-state index in [-0.39, 0.29) is 5.69 Å². The van der Waals surface area contributed by atoms with Crippen molar-refractivity contribution in [1.82, 2.24) is 9.71 Å². The van der Waals surface area contributed by atoms with E-state index in [0.29, 0.717) is 5.69 Å². The van der Waals surface area contributed by atoms with Gasteiger partial charge in [-0.1, -0.05) is 0 Å². The van der Waals surface area contributed by atoms with Crippen LogP contribution in [0, 0.1) is 0 Å². The Hall–Kier alpha value is -1.63. The SMILES string of the molecule is CS(=O)(=O)NC(=O)c1ccc(N)cn1. The van der Waals surface area contributed by atoms with E-state index in [1.165, 1.54) is 18.3 Å². The Labute approximate surface area is 81.2 Å². The number of pyridine rings is 1. The minimum absolute atomic E-state index is 0.00428. The zero-order valence-electron chi connectivity index (χ0n) is 7.39. The Balaban J connectivity index is 2.86. The average molecular weight is 215 g/mol. The third-order valence-electron chi connectivity index (χ3n) is 1.30. The minimum atomic E-state index is -3.55. The quantitative estimate of drug-likeness (QED) is 0.682. The molecule has 0 spiro atoms. The van der Waals surface area contributed by atoms with Gasteiger partial charge in [0.2, 0.25) is 10.0 Å². The number of nitrogens with one attached hydrogen (secondary N) is 1. The molecular weight excluding hydrogens is 206 g/mol. The molecule has 0 fully saturated rings. The maximum Gasteiger partial charge on any atom is 0.283 e. The predicted molar refractivity (Wildman–Crippen MR) is 51.0 cm³/mol. The number of anilines is 1. The number of nitrogens with two attached hydrogens (primary N) is 1. The average Bonchev–Trinajstić information content (AvgIpc) is 2.02. The van der Waals surface area contributed by atoms with Crippen LogP contribution in [0.25, 0.3) is 0 Å². The van der Waals surface area contributed by atoms with Crippen molar-refractivity contribution < 1.29 is 13.2 Å². The first-order valence-corrected chi connectivity index (χ1v) is 5.51. The van der Waals surface area contributed by atoms with Crippen LogP contribution in [-0.2, 0) is 10.0 Å². The van der Waals surface area contributed by atoms with E-state index >= 15 is 0 Å². The highest BCUT2D eigenvalue weighted by atomic mass is 32.2. The van der Waals surface area contributed by atoms with Gasteiger partial charge in [0, 0.05) is 0 Å². The summed E-state index contributed by atoms with van der Waals surface area (Å²) in [5.41, 5.74) is 5.75. The summed E-state index contributed by atoms with van der Waals surface area (Å²) in [5, 5.41) is 0. The van der Waals surface area contributed by atoms with E-state index in [1.807, 2.05) is 0 Å². The molecule has 1 aromatic heterocycles. The number of hydrogen-bond donors (Lipinski definition) is 2. The lowest BCUT2D eigenvalue weighted by molar-refractivity contribution is 0.0977. The number of aromatic nitrogens is 1. The Bertz CT molecular complexity index is 438. The van der Waals surface area contributed by atoms with Gasteiger partial charge in [-0.05, 0) is 12.1 Å². The summed E-state index contributed by atoms with van der Waals surface area (Å²) in [6, 6.07) is 2.81. The molecule has 1 heterocycles. The number of carbonyl (C=O) groups is 1. The van der Waals surface area contributed by atoms with Crippen molar-refractivity contribution in [1.29, 1.82) is 0 Å². The molecule has 6 nitrogen and oxygen atoms in total. The maximum absolute atomic E-state index is 11.2. The second-order valence-corrected chi connectivity index (χ2v) is 4.43. The minimum Gasteiger partial charge on any atom is -0.397 e. The third kappa shape index (κ3) is 3.02. The fourth-order valence-electron chi connectivity index (χ4n) is 0.760. The topological polar surface area (TPSA) is 102 Å². The highest BCUT2D eigenvalue weighted by molar-refractivity contribution is 7.89. The zero-order valence-corrected chi connectivity index (χ0v) is 8.21. The molecule has 0 saturated carbocycles. The molecule has 0 aromatic carbocycles. The summed E-state index contributed by atoms with van der Waals surface area (Å²) >= 11 is 0. The van der Waals surface area contributed by atoms with Crippen molar-refractivity contribution in [2.45, 2.75) is 0 Å². The van der Waals surface area contributed by atoms with Crippen molar-refractivity contribution in [3.8, 4) is 0 Å². The number of nitrogen functional groups attached to an aromatic ring is 1. The second kappa shape index (κ2) is 3.62. The monoisotopic (exact) mass is 215 g/mol. The van der Waals surface area contributed by atoms with E-state index in [4.69, 9.17) is 5.73 Å². The predicted octanol–water partition coefficient (Wildman–Crippen LogP) is -0.647. The Kier molecular flexibility index (Phi) is 2.70. The van der Waals surface area contributed by atoms with Gasteiger partial charge < -0.3 is 5.73 Å². The van der Waals surface area contributed by atoms with E-state index in [2.05, 4.69) is 4.98 Å². The lowest BCUT2D eigenvalue weighted by Gasteiger charge is -2.01. The highest BCUT2D eigenvalue weighted by Gasteiger charge is 2.11. The summed E-state index contributed by atoms with van der Waals surface area (Å²) in [5.74, 6) is -0.771. The second-order valence-electron chi connectivity index (χ2n) is 2.68. The lowest BCUT2D eigenvalue weighted by Crippen LogP contribution is -2.29. The first-order valence-electron chi connectivity index (χ1n) is 3.62.